The van der Waals surface area contributed by atoms with E-state index in [1.54, 1.807) is 60.7 Å². The highest BCUT2D eigenvalue weighted by atomic mass is 35.5. The molecule has 4 aromatic carbocycles. The van der Waals surface area contributed by atoms with Crippen LogP contribution in [-0.2, 0) is 17.0 Å². The molecule has 0 aliphatic heterocycles. The molecule has 37 heavy (non-hydrogen) atoms. The van der Waals surface area contributed by atoms with E-state index in [0.717, 1.165) is 5.56 Å². The molecule has 0 heterocycles. The number of benzene rings is 4. The van der Waals surface area contributed by atoms with Crippen LogP contribution in [0.5, 0.6) is 11.5 Å². The second-order valence-corrected chi connectivity index (χ2v) is 8.86. The summed E-state index contributed by atoms with van der Waals surface area (Å²) in [4.78, 5) is 13.2. The van der Waals surface area contributed by atoms with Crippen LogP contribution in [0.1, 0.15) is 27.8 Å². The number of aliphatic hydroxyl groups is 1. The molecule has 0 bridgehead atoms. The van der Waals surface area contributed by atoms with Crippen LogP contribution in [-0.4, -0.2) is 24.3 Å². The van der Waals surface area contributed by atoms with Gasteiger partial charge in [-0.3, -0.25) is 4.79 Å². The normalized spacial score (nSPS) is 11.4. The van der Waals surface area contributed by atoms with E-state index < -0.39 is 11.5 Å². The number of nitrogens with zero attached hydrogens (tertiary/aromatic N) is 1. The van der Waals surface area contributed by atoms with Gasteiger partial charge in [-0.25, -0.2) is 5.43 Å². The first kappa shape index (κ1) is 25.9. The molecule has 0 aliphatic carbocycles. The minimum atomic E-state index is -1.93. The number of carbonyl (C=O) groups excluding carboxylic acids is 1. The Bertz CT molecular complexity index is 1330. The summed E-state index contributed by atoms with van der Waals surface area (Å²) in [5.74, 6) is 0.142. The highest BCUT2D eigenvalue weighted by Crippen LogP contribution is 2.36. The van der Waals surface area contributed by atoms with Gasteiger partial charge in [0, 0.05) is 0 Å². The first-order valence-corrected chi connectivity index (χ1v) is 12.0. The molecule has 0 unspecified atom stereocenters. The molecular weight excluding hydrogens is 488 g/mol. The maximum absolute atomic E-state index is 13.2. The molecule has 0 aliphatic rings. The van der Waals surface area contributed by atoms with E-state index in [1.165, 1.54) is 18.9 Å². The van der Waals surface area contributed by atoms with E-state index in [9.17, 15) is 9.90 Å². The van der Waals surface area contributed by atoms with Gasteiger partial charge in [0.1, 0.15) is 6.61 Å². The average Bonchev–Trinajstić information content (AvgIpc) is 2.93. The molecule has 0 atom stereocenters. The topological polar surface area (TPSA) is 80.2 Å². The number of amides is 1. The average molecular weight is 515 g/mol. The van der Waals surface area contributed by atoms with Crippen molar-refractivity contribution < 1.29 is 19.4 Å². The van der Waals surface area contributed by atoms with Crippen LogP contribution in [0.4, 0.5) is 0 Å². The van der Waals surface area contributed by atoms with Crippen LogP contribution in [0, 0.1) is 6.92 Å². The number of hydrogen-bond donors (Lipinski definition) is 2. The van der Waals surface area contributed by atoms with Crippen molar-refractivity contribution in [1.29, 1.82) is 0 Å². The molecule has 0 spiro atoms. The predicted octanol–water partition coefficient (Wildman–Crippen LogP) is 5.62. The van der Waals surface area contributed by atoms with Gasteiger partial charge < -0.3 is 14.6 Å². The van der Waals surface area contributed by atoms with Crippen LogP contribution < -0.4 is 14.9 Å². The highest BCUT2D eigenvalue weighted by Gasteiger charge is 2.39. The number of methoxy groups -OCH3 is 1. The number of hydrazone groups is 1. The largest absolute Gasteiger partial charge is 0.493 e. The van der Waals surface area contributed by atoms with Gasteiger partial charge in [-0.15, -0.1) is 0 Å². The molecule has 6 nitrogen and oxygen atoms in total. The molecule has 0 aromatic heterocycles. The number of carbonyl (C=O) groups is 1. The molecule has 0 saturated heterocycles. The number of nitrogens with one attached hydrogen (secondary N) is 1. The van der Waals surface area contributed by atoms with Crippen molar-refractivity contribution in [3.05, 3.63) is 130 Å². The van der Waals surface area contributed by atoms with Gasteiger partial charge in [-0.05, 0) is 41.3 Å². The first-order chi connectivity index (χ1) is 17.9. The third kappa shape index (κ3) is 6.00. The van der Waals surface area contributed by atoms with Gasteiger partial charge in [0.25, 0.3) is 5.91 Å². The molecular formula is C30H27ClN2O4. The number of aryl methyl sites for hydroxylation is 1. The van der Waals surface area contributed by atoms with E-state index in [1.807, 2.05) is 43.3 Å². The maximum atomic E-state index is 13.2. The van der Waals surface area contributed by atoms with Gasteiger partial charge in [-0.2, -0.15) is 5.10 Å². The molecule has 4 rings (SSSR count). The second kappa shape index (κ2) is 11.7. The highest BCUT2D eigenvalue weighted by molar-refractivity contribution is 6.32. The molecule has 0 saturated carbocycles. The van der Waals surface area contributed by atoms with Crippen LogP contribution in [0.15, 0.2) is 102 Å². The Kier molecular flexibility index (Phi) is 8.23. The fraction of sp³-hybridized carbons (Fsp3) is 0.133. The first-order valence-electron chi connectivity index (χ1n) is 11.6. The van der Waals surface area contributed by atoms with Gasteiger partial charge in [0.15, 0.2) is 17.1 Å². The molecule has 4 aromatic rings. The van der Waals surface area contributed by atoms with Gasteiger partial charge in [0.2, 0.25) is 0 Å². The zero-order valence-electron chi connectivity index (χ0n) is 20.5. The quantitative estimate of drug-likeness (QED) is 0.224. The van der Waals surface area contributed by atoms with Crippen molar-refractivity contribution in [3.63, 3.8) is 0 Å². The minimum Gasteiger partial charge on any atom is -0.493 e. The Morgan fingerprint density at radius 3 is 2.14 bits per heavy atom. The van der Waals surface area contributed by atoms with Gasteiger partial charge >= 0.3 is 0 Å². The maximum Gasteiger partial charge on any atom is 0.281 e. The predicted molar refractivity (Wildman–Crippen MR) is 145 cm³/mol. The Morgan fingerprint density at radius 2 is 1.57 bits per heavy atom. The molecule has 1 amide bonds. The standard InChI is InChI=1S/C30H27ClN2O4/c1-21-13-15-22(16-14-21)20-37-28-26(31)17-23(18-27(28)36-2)19-32-33-29(34)30(35,24-9-5-3-6-10-24)25-11-7-4-8-12-25/h3-19,35H,20H2,1-2H3,(H,33,34)/b32-19-. The zero-order valence-corrected chi connectivity index (χ0v) is 21.3. The van der Waals surface area contributed by atoms with Crippen molar-refractivity contribution in [1.82, 2.24) is 5.43 Å². The Hall–Kier alpha value is -4.13. The monoisotopic (exact) mass is 514 g/mol. The SMILES string of the molecule is COc1cc(/C=N\NC(=O)C(O)(c2ccccc2)c2ccccc2)cc(Cl)c1OCc1ccc(C)cc1. The van der Waals surface area contributed by atoms with E-state index >= 15 is 0 Å². The summed E-state index contributed by atoms with van der Waals surface area (Å²) in [6.45, 7) is 2.36. The summed E-state index contributed by atoms with van der Waals surface area (Å²) >= 11 is 6.48. The van der Waals surface area contributed by atoms with Crippen LogP contribution >= 0.6 is 11.6 Å². The van der Waals surface area contributed by atoms with E-state index in [-0.39, 0.29) is 0 Å². The van der Waals surface area contributed by atoms with E-state index in [4.69, 9.17) is 21.1 Å². The fourth-order valence-electron chi connectivity index (χ4n) is 3.83. The molecule has 188 valence electrons. The van der Waals surface area contributed by atoms with E-state index in [0.29, 0.717) is 39.8 Å². The minimum absolute atomic E-state index is 0.331. The number of hydrogen-bond acceptors (Lipinski definition) is 5. The lowest BCUT2D eigenvalue weighted by atomic mass is 9.85. The second-order valence-electron chi connectivity index (χ2n) is 8.45. The lowest BCUT2D eigenvalue weighted by Crippen LogP contribution is -2.43. The Morgan fingerprint density at radius 1 is 0.973 bits per heavy atom. The van der Waals surface area contributed by atoms with Crippen LogP contribution in [0.2, 0.25) is 5.02 Å². The number of halogens is 1. The van der Waals surface area contributed by atoms with Crippen molar-refractivity contribution in [2.45, 2.75) is 19.1 Å². The summed E-state index contributed by atoms with van der Waals surface area (Å²) in [5, 5.41) is 15.9. The summed E-state index contributed by atoms with van der Waals surface area (Å²) in [7, 11) is 1.52. The lowest BCUT2D eigenvalue weighted by Gasteiger charge is -2.27. The van der Waals surface area contributed by atoms with Crippen molar-refractivity contribution in [2.75, 3.05) is 7.11 Å². The summed E-state index contributed by atoms with van der Waals surface area (Å²) in [6, 6.07) is 28.8. The Labute approximate surface area is 221 Å². The molecule has 0 fully saturated rings. The third-order valence-corrected chi connectivity index (χ3v) is 6.13. The molecule has 7 heteroatoms. The number of rotatable bonds is 9. The molecule has 0 radical (unpaired) electrons. The Balaban J connectivity index is 1.52. The van der Waals surface area contributed by atoms with Gasteiger partial charge in [-0.1, -0.05) is 102 Å². The van der Waals surface area contributed by atoms with Crippen molar-refractivity contribution in [3.8, 4) is 11.5 Å². The van der Waals surface area contributed by atoms with Crippen LogP contribution in [0.25, 0.3) is 0 Å². The van der Waals surface area contributed by atoms with Gasteiger partial charge in [0.05, 0.1) is 18.3 Å². The zero-order chi connectivity index (χ0) is 26.3. The lowest BCUT2D eigenvalue weighted by molar-refractivity contribution is -0.136. The molecule has 2 N–H and O–H groups in total. The third-order valence-electron chi connectivity index (χ3n) is 5.85. The van der Waals surface area contributed by atoms with E-state index in [2.05, 4.69) is 10.5 Å². The number of ether oxygens (including phenoxy) is 2. The van der Waals surface area contributed by atoms with Crippen LogP contribution in [0.3, 0.4) is 0 Å². The van der Waals surface area contributed by atoms with Crippen molar-refractivity contribution in [2.24, 2.45) is 5.10 Å². The summed E-state index contributed by atoms with van der Waals surface area (Å²) in [6.07, 6.45) is 1.42. The summed E-state index contributed by atoms with van der Waals surface area (Å²) < 4.78 is 11.4. The smallest absolute Gasteiger partial charge is 0.281 e. The van der Waals surface area contributed by atoms with Crippen molar-refractivity contribution >= 4 is 23.7 Å². The fourth-order valence-corrected chi connectivity index (χ4v) is 4.10. The summed E-state index contributed by atoms with van der Waals surface area (Å²) in [5.41, 5.74) is 4.12.